The van der Waals surface area contributed by atoms with Gasteiger partial charge in [0.2, 0.25) is 5.91 Å². The number of carbonyl (C=O) groups excluding carboxylic acids is 1. The molecule has 0 aliphatic carbocycles. The largest absolute Gasteiger partial charge is 0.356 e. The van der Waals surface area contributed by atoms with Gasteiger partial charge in [0, 0.05) is 25.2 Å². The minimum absolute atomic E-state index is 0.168. The van der Waals surface area contributed by atoms with Crippen LogP contribution in [0.25, 0.3) is 0 Å². The maximum atomic E-state index is 11.7. The van der Waals surface area contributed by atoms with E-state index in [1.807, 2.05) is 24.0 Å². The number of nitrogens with one attached hydrogen (secondary N) is 1. The third kappa shape index (κ3) is 4.59. The molecular formula is C13H23N3O. The summed E-state index contributed by atoms with van der Waals surface area (Å²) in [5, 5.41) is 7.19. The van der Waals surface area contributed by atoms with Crippen molar-refractivity contribution in [2.45, 2.75) is 46.6 Å². The van der Waals surface area contributed by atoms with Crippen LogP contribution in [0.15, 0.2) is 12.4 Å². The minimum Gasteiger partial charge on any atom is -0.356 e. The average Bonchev–Trinajstić information content (AvgIpc) is 2.72. The predicted molar refractivity (Wildman–Crippen MR) is 68.7 cm³/mol. The molecule has 4 heteroatoms. The van der Waals surface area contributed by atoms with Gasteiger partial charge in [0.1, 0.15) is 0 Å². The molecule has 1 amide bonds. The molecule has 0 saturated carbocycles. The molecule has 4 nitrogen and oxygen atoms in total. The molecule has 17 heavy (non-hydrogen) atoms. The van der Waals surface area contributed by atoms with Crippen LogP contribution in [0, 0.1) is 12.8 Å². The minimum atomic E-state index is 0.168. The third-order valence-corrected chi connectivity index (χ3v) is 2.98. The molecule has 0 atom stereocenters. The first-order chi connectivity index (χ1) is 8.17. The Balaban J connectivity index is 2.17. The number of hydrogen-bond acceptors (Lipinski definition) is 2. The number of hydrogen-bond donors (Lipinski definition) is 1. The molecule has 0 aliphatic rings. The van der Waals surface area contributed by atoms with Gasteiger partial charge < -0.3 is 5.32 Å². The summed E-state index contributed by atoms with van der Waals surface area (Å²) in [5.41, 5.74) is 1.17. The molecule has 1 heterocycles. The zero-order valence-electron chi connectivity index (χ0n) is 11.1. The van der Waals surface area contributed by atoms with Crippen molar-refractivity contribution in [3.05, 3.63) is 18.0 Å². The van der Waals surface area contributed by atoms with E-state index in [1.165, 1.54) is 5.56 Å². The standard InChI is InChI=1S/C13H23N3O/c1-4-12(5-2)13(17)14-7-6-8-16-10-11(3)9-15-16/h9-10,12H,4-8H2,1-3H3,(H,14,17). The van der Waals surface area contributed by atoms with E-state index in [2.05, 4.69) is 24.3 Å². The fourth-order valence-corrected chi connectivity index (χ4v) is 1.85. The van der Waals surface area contributed by atoms with Crippen molar-refractivity contribution in [2.75, 3.05) is 6.54 Å². The molecule has 1 N–H and O–H groups in total. The highest BCUT2D eigenvalue weighted by molar-refractivity contribution is 5.78. The topological polar surface area (TPSA) is 46.9 Å². The summed E-state index contributed by atoms with van der Waals surface area (Å²) in [5.74, 6) is 0.355. The first kappa shape index (κ1) is 13.7. The zero-order valence-corrected chi connectivity index (χ0v) is 11.1. The molecule has 1 rings (SSSR count). The van der Waals surface area contributed by atoms with Crippen molar-refractivity contribution >= 4 is 5.91 Å². The van der Waals surface area contributed by atoms with Crippen molar-refractivity contribution in [1.29, 1.82) is 0 Å². The lowest BCUT2D eigenvalue weighted by Gasteiger charge is -2.12. The van der Waals surface area contributed by atoms with Gasteiger partial charge in [0.15, 0.2) is 0 Å². The van der Waals surface area contributed by atoms with E-state index in [0.29, 0.717) is 0 Å². The van der Waals surface area contributed by atoms with Crippen molar-refractivity contribution < 1.29 is 4.79 Å². The highest BCUT2D eigenvalue weighted by Crippen LogP contribution is 2.06. The smallest absolute Gasteiger partial charge is 0.223 e. The Morgan fingerprint density at radius 1 is 1.47 bits per heavy atom. The Hall–Kier alpha value is -1.32. The molecule has 0 fully saturated rings. The monoisotopic (exact) mass is 237 g/mol. The van der Waals surface area contributed by atoms with E-state index in [4.69, 9.17) is 0 Å². The summed E-state index contributed by atoms with van der Waals surface area (Å²) in [7, 11) is 0. The molecule has 0 unspecified atom stereocenters. The Labute approximate surface area is 103 Å². The van der Waals surface area contributed by atoms with E-state index in [9.17, 15) is 4.79 Å². The normalized spacial score (nSPS) is 10.8. The van der Waals surface area contributed by atoms with Crippen molar-refractivity contribution in [3.8, 4) is 0 Å². The third-order valence-electron chi connectivity index (χ3n) is 2.98. The quantitative estimate of drug-likeness (QED) is 0.738. The second-order valence-electron chi connectivity index (χ2n) is 4.44. The SMILES string of the molecule is CCC(CC)C(=O)NCCCn1cc(C)cn1. The molecule has 0 bridgehead atoms. The van der Waals surface area contributed by atoms with Crippen molar-refractivity contribution in [3.63, 3.8) is 0 Å². The van der Waals surface area contributed by atoms with E-state index in [-0.39, 0.29) is 11.8 Å². The molecular weight excluding hydrogens is 214 g/mol. The van der Waals surface area contributed by atoms with Gasteiger partial charge in [0.05, 0.1) is 6.20 Å². The average molecular weight is 237 g/mol. The van der Waals surface area contributed by atoms with Gasteiger partial charge in [-0.25, -0.2) is 0 Å². The van der Waals surface area contributed by atoms with Crippen LogP contribution in [0.2, 0.25) is 0 Å². The maximum Gasteiger partial charge on any atom is 0.223 e. The van der Waals surface area contributed by atoms with Crippen LogP contribution in [0.3, 0.4) is 0 Å². The molecule has 0 saturated heterocycles. The molecule has 1 aromatic heterocycles. The predicted octanol–water partition coefficient (Wildman–Crippen LogP) is 2.13. The summed E-state index contributed by atoms with van der Waals surface area (Å²) >= 11 is 0. The van der Waals surface area contributed by atoms with Crippen LogP contribution in [0.1, 0.15) is 38.7 Å². The summed E-state index contributed by atoms with van der Waals surface area (Å²) < 4.78 is 1.92. The Kier molecular flexibility index (Phi) is 5.73. The maximum absolute atomic E-state index is 11.7. The summed E-state index contributed by atoms with van der Waals surface area (Å²) in [6, 6.07) is 0. The lowest BCUT2D eigenvalue weighted by Crippen LogP contribution is -2.31. The second kappa shape index (κ2) is 7.09. The van der Waals surface area contributed by atoms with Crippen LogP contribution in [0.5, 0.6) is 0 Å². The lowest BCUT2D eigenvalue weighted by molar-refractivity contribution is -0.125. The number of rotatable bonds is 7. The highest BCUT2D eigenvalue weighted by Gasteiger charge is 2.12. The van der Waals surface area contributed by atoms with Gasteiger partial charge >= 0.3 is 0 Å². The van der Waals surface area contributed by atoms with Gasteiger partial charge in [-0.3, -0.25) is 9.48 Å². The fourth-order valence-electron chi connectivity index (χ4n) is 1.85. The zero-order chi connectivity index (χ0) is 12.7. The van der Waals surface area contributed by atoms with Gasteiger partial charge in [0.25, 0.3) is 0 Å². The highest BCUT2D eigenvalue weighted by atomic mass is 16.1. The number of aromatic nitrogens is 2. The Morgan fingerprint density at radius 3 is 2.71 bits per heavy atom. The van der Waals surface area contributed by atoms with Gasteiger partial charge in [-0.2, -0.15) is 5.10 Å². The Bertz CT molecular complexity index is 342. The molecule has 0 radical (unpaired) electrons. The number of nitrogens with zero attached hydrogens (tertiary/aromatic N) is 2. The number of aryl methyl sites for hydroxylation is 2. The van der Waals surface area contributed by atoms with Crippen molar-refractivity contribution in [1.82, 2.24) is 15.1 Å². The summed E-state index contributed by atoms with van der Waals surface area (Å²) in [4.78, 5) is 11.7. The number of amides is 1. The van der Waals surface area contributed by atoms with Crippen LogP contribution in [-0.4, -0.2) is 22.2 Å². The molecule has 0 aliphatic heterocycles. The fraction of sp³-hybridized carbons (Fsp3) is 0.692. The first-order valence-corrected chi connectivity index (χ1v) is 6.44. The van der Waals surface area contributed by atoms with Gasteiger partial charge in [-0.15, -0.1) is 0 Å². The first-order valence-electron chi connectivity index (χ1n) is 6.44. The summed E-state index contributed by atoms with van der Waals surface area (Å²) in [6.45, 7) is 7.73. The molecule has 0 aromatic carbocycles. The lowest BCUT2D eigenvalue weighted by atomic mass is 10.0. The Morgan fingerprint density at radius 2 is 2.18 bits per heavy atom. The van der Waals surface area contributed by atoms with Crippen LogP contribution < -0.4 is 5.32 Å². The van der Waals surface area contributed by atoms with Crippen molar-refractivity contribution in [2.24, 2.45) is 5.92 Å². The van der Waals surface area contributed by atoms with E-state index in [0.717, 1.165) is 32.4 Å². The summed E-state index contributed by atoms with van der Waals surface area (Å²) in [6.07, 6.45) is 6.62. The van der Waals surface area contributed by atoms with Gasteiger partial charge in [-0.1, -0.05) is 13.8 Å². The van der Waals surface area contributed by atoms with E-state index < -0.39 is 0 Å². The van der Waals surface area contributed by atoms with E-state index in [1.54, 1.807) is 0 Å². The number of carbonyl (C=O) groups is 1. The van der Waals surface area contributed by atoms with Crippen LogP contribution in [-0.2, 0) is 11.3 Å². The second-order valence-corrected chi connectivity index (χ2v) is 4.44. The molecule has 1 aromatic rings. The molecule has 0 spiro atoms. The van der Waals surface area contributed by atoms with Crippen LogP contribution >= 0.6 is 0 Å². The molecule has 96 valence electrons. The van der Waals surface area contributed by atoms with Gasteiger partial charge in [-0.05, 0) is 31.7 Å². The van der Waals surface area contributed by atoms with Crippen LogP contribution in [0.4, 0.5) is 0 Å². The van der Waals surface area contributed by atoms with E-state index >= 15 is 0 Å².